The molecule has 1 heterocycles. The van der Waals surface area contributed by atoms with Crippen LogP contribution in [-0.2, 0) is 9.59 Å². The van der Waals surface area contributed by atoms with Gasteiger partial charge in [0.25, 0.3) is 5.91 Å². The van der Waals surface area contributed by atoms with Crippen molar-refractivity contribution in [2.75, 3.05) is 18.9 Å². The van der Waals surface area contributed by atoms with E-state index in [4.69, 9.17) is 0 Å². The van der Waals surface area contributed by atoms with Gasteiger partial charge in [-0.2, -0.15) is 0 Å². The van der Waals surface area contributed by atoms with Crippen LogP contribution in [0.3, 0.4) is 0 Å². The molecule has 36 heavy (non-hydrogen) atoms. The van der Waals surface area contributed by atoms with E-state index in [9.17, 15) is 14.4 Å². The number of likely N-dealkylation sites (tertiary alicyclic amines) is 1. The van der Waals surface area contributed by atoms with Crippen molar-refractivity contribution in [1.29, 1.82) is 0 Å². The van der Waals surface area contributed by atoms with E-state index in [1.165, 1.54) is 38.5 Å². The first-order valence-electron chi connectivity index (χ1n) is 14.4. The molecule has 1 N–H and O–H groups in total. The summed E-state index contributed by atoms with van der Waals surface area (Å²) in [6, 6.07) is 7.20. The molecule has 0 spiro atoms. The Hall–Kier alpha value is -2.37. The highest BCUT2D eigenvalue weighted by molar-refractivity contribution is 5.99. The van der Waals surface area contributed by atoms with Gasteiger partial charge >= 0.3 is 0 Å². The van der Waals surface area contributed by atoms with E-state index in [0.29, 0.717) is 41.6 Å². The van der Waals surface area contributed by atoms with Gasteiger partial charge in [0.15, 0.2) is 0 Å². The largest absolute Gasteiger partial charge is 0.339 e. The van der Waals surface area contributed by atoms with Crippen molar-refractivity contribution in [1.82, 2.24) is 9.80 Å². The van der Waals surface area contributed by atoms with Crippen molar-refractivity contribution in [3.05, 3.63) is 29.8 Å². The summed E-state index contributed by atoms with van der Waals surface area (Å²) >= 11 is 0. The van der Waals surface area contributed by atoms with Crippen molar-refractivity contribution in [2.24, 2.45) is 23.2 Å². The third kappa shape index (κ3) is 4.35. The Bertz CT molecular complexity index is 977. The van der Waals surface area contributed by atoms with E-state index in [0.717, 1.165) is 44.9 Å². The van der Waals surface area contributed by atoms with Gasteiger partial charge in [-0.3, -0.25) is 14.4 Å². The van der Waals surface area contributed by atoms with Crippen molar-refractivity contribution < 1.29 is 14.4 Å². The molecule has 6 nitrogen and oxygen atoms in total. The second kappa shape index (κ2) is 9.50. The maximum atomic E-state index is 13.9. The number of anilines is 1. The fourth-order valence-electron chi connectivity index (χ4n) is 8.72. The highest BCUT2D eigenvalue weighted by Crippen LogP contribution is 2.60. The van der Waals surface area contributed by atoms with Gasteiger partial charge in [-0.25, -0.2) is 0 Å². The predicted octanol–water partition coefficient (Wildman–Crippen LogP) is 5.24. The number of rotatable bonds is 5. The lowest BCUT2D eigenvalue weighted by atomic mass is 9.49. The van der Waals surface area contributed by atoms with Gasteiger partial charge in [-0.05, 0) is 106 Å². The van der Waals surface area contributed by atoms with E-state index in [-0.39, 0.29) is 29.2 Å². The zero-order valence-electron chi connectivity index (χ0n) is 21.7. The van der Waals surface area contributed by atoms with Crippen LogP contribution in [0.15, 0.2) is 24.3 Å². The molecule has 1 saturated heterocycles. The lowest BCUT2D eigenvalue weighted by Crippen LogP contribution is -2.56. The maximum absolute atomic E-state index is 13.9. The maximum Gasteiger partial charge on any atom is 0.253 e. The number of carbonyl (C=O) groups excluding carboxylic acids is 3. The topological polar surface area (TPSA) is 69.7 Å². The number of nitrogens with zero attached hydrogens (tertiary/aromatic N) is 2. The van der Waals surface area contributed by atoms with Gasteiger partial charge in [0, 0.05) is 30.9 Å². The van der Waals surface area contributed by atoms with Gasteiger partial charge in [-0.15, -0.1) is 0 Å². The molecule has 0 radical (unpaired) electrons. The van der Waals surface area contributed by atoms with Crippen LogP contribution in [0.25, 0.3) is 0 Å². The Morgan fingerprint density at radius 2 is 1.47 bits per heavy atom. The van der Waals surface area contributed by atoms with Crippen LogP contribution in [-0.4, -0.2) is 53.2 Å². The van der Waals surface area contributed by atoms with E-state index in [1.807, 2.05) is 41.1 Å². The number of hydrogen-bond acceptors (Lipinski definition) is 3. The summed E-state index contributed by atoms with van der Waals surface area (Å²) < 4.78 is 0. The summed E-state index contributed by atoms with van der Waals surface area (Å²) in [5, 5.41) is 3.04. The van der Waals surface area contributed by atoms with Crippen LogP contribution in [0.4, 0.5) is 5.69 Å². The summed E-state index contributed by atoms with van der Waals surface area (Å²) in [6.07, 6.45) is 14.5. The molecule has 6 aliphatic rings. The number of nitrogens with one attached hydrogen (secondary N) is 1. The molecule has 1 aliphatic heterocycles. The normalized spacial score (nSPS) is 33.5. The van der Waals surface area contributed by atoms with Gasteiger partial charge in [0.1, 0.15) is 6.04 Å². The van der Waals surface area contributed by atoms with Crippen LogP contribution in [0.5, 0.6) is 0 Å². The Balaban J connectivity index is 1.09. The molecule has 1 aromatic carbocycles. The Morgan fingerprint density at radius 3 is 2.08 bits per heavy atom. The molecule has 3 amide bonds. The van der Waals surface area contributed by atoms with E-state index < -0.39 is 0 Å². The molecular weight excluding hydrogens is 450 g/mol. The molecule has 1 aromatic rings. The predicted molar refractivity (Wildman–Crippen MR) is 139 cm³/mol. The Kier molecular flexibility index (Phi) is 6.33. The smallest absolute Gasteiger partial charge is 0.253 e. The Labute approximate surface area is 215 Å². The highest BCUT2D eigenvalue weighted by Gasteiger charge is 2.56. The minimum absolute atomic E-state index is 0.0444. The zero-order chi connectivity index (χ0) is 24.9. The van der Waals surface area contributed by atoms with Gasteiger partial charge < -0.3 is 15.1 Å². The summed E-state index contributed by atoms with van der Waals surface area (Å²) in [4.78, 5) is 44.0. The highest BCUT2D eigenvalue weighted by atomic mass is 16.2. The molecule has 6 fully saturated rings. The number of hydrogen-bond donors (Lipinski definition) is 1. The van der Waals surface area contributed by atoms with Gasteiger partial charge in [0.2, 0.25) is 11.8 Å². The lowest BCUT2D eigenvalue weighted by molar-refractivity contribution is -0.160. The number of amides is 3. The number of carbonyl (C=O) groups is 3. The van der Waals surface area contributed by atoms with E-state index >= 15 is 0 Å². The van der Waals surface area contributed by atoms with E-state index in [1.54, 1.807) is 0 Å². The first kappa shape index (κ1) is 24.0. The SMILES string of the molecule is CN(C(=O)c1ccc(NC(=O)C2CCCN2C(=O)C23CC4CC(CC(C4)C2)C3)cc1)C1CCCCC1. The fourth-order valence-corrected chi connectivity index (χ4v) is 8.72. The average molecular weight is 492 g/mol. The van der Waals surface area contributed by atoms with Crippen LogP contribution in [0, 0.1) is 23.2 Å². The lowest BCUT2D eigenvalue weighted by Gasteiger charge is -2.56. The summed E-state index contributed by atoms with van der Waals surface area (Å²) in [5.74, 6) is 2.35. The van der Waals surface area contributed by atoms with Crippen molar-refractivity contribution >= 4 is 23.4 Å². The second-order valence-corrected chi connectivity index (χ2v) is 12.6. The zero-order valence-corrected chi connectivity index (χ0v) is 21.7. The van der Waals surface area contributed by atoms with E-state index in [2.05, 4.69) is 5.32 Å². The van der Waals surface area contributed by atoms with Crippen molar-refractivity contribution in [2.45, 2.75) is 95.6 Å². The molecule has 4 bridgehead atoms. The monoisotopic (exact) mass is 491 g/mol. The van der Waals surface area contributed by atoms with Crippen LogP contribution < -0.4 is 5.32 Å². The van der Waals surface area contributed by atoms with Crippen molar-refractivity contribution in [3.63, 3.8) is 0 Å². The fraction of sp³-hybridized carbons (Fsp3) is 0.700. The first-order chi connectivity index (χ1) is 17.4. The van der Waals surface area contributed by atoms with Crippen LogP contribution >= 0.6 is 0 Å². The quantitative estimate of drug-likeness (QED) is 0.613. The second-order valence-electron chi connectivity index (χ2n) is 12.6. The first-order valence-corrected chi connectivity index (χ1v) is 14.4. The molecule has 5 aliphatic carbocycles. The molecule has 7 rings (SSSR count). The standard InChI is InChI=1S/C30H41N3O3/c1-32(25-6-3-2-4-7-25)28(35)23-9-11-24(12-10-23)31-27(34)26-8-5-13-33(26)29(36)30-17-20-14-21(18-30)16-22(15-20)19-30/h9-12,20-22,25-26H,2-8,13-19H2,1H3,(H,31,34). The summed E-state index contributed by atoms with van der Waals surface area (Å²) in [5.41, 5.74) is 1.14. The summed E-state index contributed by atoms with van der Waals surface area (Å²) in [7, 11) is 1.91. The van der Waals surface area contributed by atoms with Crippen LogP contribution in [0.2, 0.25) is 0 Å². The Morgan fingerprint density at radius 1 is 0.861 bits per heavy atom. The molecule has 5 saturated carbocycles. The third-order valence-electron chi connectivity index (χ3n) is 10.2. The van der Waals surface area contributed by atoms with Crippen molar-refractivity contribution in [3.8, 4) is 0 Å². The summed E-state index contributed by atoms with van der Waals surface area (Å²) in [6.45, 7) is 0.694. The average Bonchev–Trinajstić information content (AvgIpc) is 3.38. The van der Waals surface area contributed by atoms with Gasteiger partial charge in [-0.1, -0.05) is 19.3 Å². The van der Waals surface area contributed by atoms with Gasteiger partial charge in [0.05, 0.1) is 5.41 Å². The molecule has 0 aromatic heterocycles. The van der Waals surface area contributed by atoms with Crippen LogP contribution in [0.1, 0.15) is 93.8 Å². The molecule has 1 unspecified atom stereocenters. The molecule has 1 atom stereocenters. The minimum atomic E-state index is -0.385. The molecule has 6 heteroatoms. The molecule has 194 valence electrons. The number of benzene rings is 1. The molecular formula is C30H41N3O3. The minimum Gasteiger partial charge on any atom is -0.339 e. The third-order valence-corrected chi connectivity index (χ3v) is 10.2.